The molecule has 2 aromatic carbocycles. The van der Waals surface area contributed by atoms with Crippen molar-refractivity contribution in [2.45, 2.75) is 52.1 Å². The molecule has 1 aliphatic rings. The minimum Gasteiger partial charge on any atom is -0.481 e. The molecule has 33 heavy (non-hydrogen) atoms. The maximum Gasteiger partial charge on any atom is 0.407 e. The lowest BCUT2D eigenvalue weighted by atomic mass is 9.98. The number of nitrogens with one attached hydrogen (secondary N) is 2. The summed E-state index contributed by atoms with van der Waals surface area (Å²) in [5.41, 5.74) is 4.50. The molecule has 2 amide bonds. The number of carboxylic acid groups (broad SMARTS) is 1. The van der Waals surface area contributed by atoms with E-state index in [1.54, 1.807) is 0 Å². The quantitative estimate of drug-likeness (QED) is 0.530. The Labute approximate surface area is 194 Å². The largest absolute Gasteiger partial charge is 0.481 e. The highest BCUT2D eigenvalue weighted by molar-refractivity contribution is 5.86. The molecule has 0 spiro atoms. The highest BCUT2D eigenvalue weighted by Gasteiger charge is 2.31. The summed E-state index contributed by atoms with van der Waals surface area (Å²) in [6, 6.07) is 14.8. The fourth-order valence-electron chi connectivity index (χ4n) is 4.22. The van der Waals surface area contributed by atoms with Crippen molar-refractivity contribution >= 4 is 18.0 Å². The Hall–Kier alpha value is -3.35. The van der Waals surface area contributed by atoms with Crippen molar-refractivity contribution in [2.24, 2.45) is 11.8 Å². The lowest BCUT2D eigenvalue weighted by Gasteiger charge is -2.26. The van der Waals surface area contributed by atoms with Gasteiger partial charge in [0.15, 0.2) is 0 Å². The van der Waals surface area contributed by atoms with Crippen LogP contribution < -0.4 is 10.6 Å². The van der Waals surface area contributed by atoms with Gasteiger partial charge in [-0.05, 0) is 34.1 Å². The summed E-state index contributed by atoms with van der Waals surface area (Å²) in [5.74, 6) is -1.75. The van der Waals surface area contributed by atoms with Crippen molar-refractivity contribution in [3.63, 3.8) is 0 Å². The van der Waals surface area contributed by atoms with E-state index in [4.69, 9.17) is 9.84 Å². The summed E-state index contributed by atoms with van der Waals surface area (Å²) < 4.78 is 5.56. The molecule has 0 aliphatic heterocycles. The Morgan fingerprint density at radius 1 is 0.879 bits per heavy atom. The topological polar surface area (TPSA) is 105 Å². The van der Waals surface area contributed by atoms with Crippen LogP contribution in [-0.2, 0) is 14.3 Å². The predicted molar refractivity (Wildman–Crippen MR) is 126 cm³/mol. The molecule has 7 nitrogen and oxygen atoms in total. The van der Waals surface area contributed by atoms with Crippen LogP contribution >= 0.6 is 0 Å². The van der Waals surface area contributed by atoms with Crippen molar-refractivity contribution in [1.82, 2.24) is 10.6 Å². The van der Waals surface area contributed by atoms with Gasteiger partial charge in [0, 0.05) is 12.0 Å². The van der Waals surface area contributed by atoms with Crippen molar-refractivity contribution < 1.29 is 24.2 Å². The SMILES string of the molecule is CC(C)C(CC(=O)O)NC(=O)[C@H](NC(=O)OCC1c2ccccc2-c2ccccc21)C(C)C. The molecule has 0 radical (unpaired) electrons. The molecule has 1 unspecified atom stereocenters. The third kappa shape index (κ3) is 5.72. The summed E-state index contributed by atoms with van der Waals surface area (Å²) in [7, 11) is 0. The monoisotopic (exact) mass is 452 g/mol. The van der Waals surface area contributed by atoms with Crippen LogP contribution in [-0.4, -0.2) is 41.8 Å². The first-order valence-electron chi connectivity index (χ1n) is 11.3. The number of hydrogen-bond donors (Lipinski definition) is 3. The van der Waals surface area contributed by atoms with Crippen LogP contribution in [0.25, 0.3) is 11.1 Å². The van der Waals surface area contributed by atoms with Gasteiger partial charge in [-0.3, -0.25) is 9.59 Å². The zero-order chi connectivity index (χ0) is 24.1. The maximum atomic E-state index is 12.8. The molecule has 2 atom stereocenters. The van der Waals surface area contributed by atoms with E-state index in [0.29, 0.717) is 0 Å². The van der Waals surface area contributed by atoms with E-state index >= 15 is 0 Å². The molecule has 176 valence electrons. The average Bonchev–Trinajstić information content (AvgIpc) is 3.08. The number of hydrogen-bond acceptors (Lipinski definition) is 4. The van der Waals surface area contributed by atoms with E-state index in [0.717, 1.165) is 22.3 Å². The fourth-order valence-corrected chi connectivity index (χ4v) is 4.22. The Morgan fingerprint density at radius 3 is 1.91 bits per heavy atom. The van der Waals surface area contributed by atoms with Gasteiger partial charge in [0.05, 0.1) is 6.42 Å². The number of alkyl carbamates (subject to hydrolysis) is 1. The van der Waals surface area contributed by atoms with Crippen LogP contribution in [0.5, 0.6) is 0 Å². The average molecular weight is 453 g/mol. The first-order valence-corrected chi connectivity index (χ1v) is 11.3. The fraction of sp³-hybridized carbons (Fsp3) is 0.423. The van der Waals surface area contributed by atoms with E-state index in [1.165, 1.54) is 0 Å². The second-order valence-electron chi connectivity index (χ2n) is 9.15. The minimum absolute atomic E-state index is 0.0627. The smallest absolute Gasteiger partial charge is 0.407 e. The molecule has 0 fully saturated rings. The maximum absolute atomic E-state index is 12.8. The molecule has 0 saturated heterocycles. The number of rotatable bonds is 9. The van der Waals surface area contributed by atoms with Crippen LogP contribution in [0, 0.1) is 11.8 Å². The van der Waals surface area contributed by atoms with E-state index in [1.807, 2.05) is 64.1 Å². The van der Waals surface area contributed by atoms with Gasteiger partial charge < -0.3 is 20.5 Å². The summed E-state index contributed by atoms with van der Waals surface area (Å²) in [5, 5.41) is 14.5. The molecule has 1 aliphatic carbocycles. The van der Waals surface area contributed by atoms with Crippen molar-refractivity contribution in [3.05, 3.63) is 59.7 Å². The van der Waals surface area contributed by atoms with E-state index in [-0.39, 0.29) is 30.8 Å². The number of carbonyl (C=O) groups excluding carboxylic acids is 2. The van der Waals surface area contributed by atoms with Crippen molar-refractivity contribution in [3.8, 4) is 11.1 Å². The summed E-state index contributed by atoms with van der Waals surface area (Å²) in [6.07, 6.45) is -0.857. The highest BCUT2D eigenvalue weighted by atomic mass is 16.5. The second-order valence-corrected chi connectivity index (χ2v) is 9.15. The first kappa shape index (κ1) is 24.3. The standard InChI is InChI=1S/C26H32N2O5/c1-15(2)22(13-23(29)30)27-25(31)24(16(3)4)28-26(32)33-14-21-19-11-7-5-9-17(19)18-10-6-8-12-20(18)21/h5-12,15-16,21-22,24H,13-14H2,1-4H3,(H,27,31)(H,28,32)(H,29,30)/t22?,24-/m1/s1. The molecule has 0 bridgehead atoms. The molecule has 0 heterocycles. The number of aliphatic carboxylic acids is 1. The normalized spacial score (nSPS) is 14.4. The van der Waals surface area contributed by atoms with Gasteiger partial charge in [0.2, 0.25) is 5.91 Å². The van der Waals surface area contributed by atoms with Crippen LogP contribution in [0.2, 0.25) is 0 Å². The number of carbonyl (C=O) groups is 3. The van der Waals surface area contributed by atoms with Gasteiger partial charge in [0.1, 0.15) is 12.6 Å². The predicted octanol–water partition coefficient (Wildman–Crippen LogP) is 4.17. The molecule has 3 rings (SSSR count). The van der Waals surface area contributed by atoms with Gasteiger partial charge in [0.25, 0.3) is 0 Å². The molecule has 3 N–H and O–H groups in total. The molecule has 0 aromatic heterocycles. The van der Waals surface area contributed by atoms with Crippen molar-refractivity contribution in [2.75, 3.05) is 6.61 Å². The Morgan fingerprint density at radius 2 is 1.42 bits per heavy atom. The highest BCUT2D eigenvalue weighted by Crippen LogP contribution is 2.44. The Kier molecular flexibility index (Phi) is 7.74. The van der Waals surface area contributed by atoms with Gasteiger partial charge >= 0.3 is 12.1 Å². The third-order valence-electron chi connectivity index (χ3n) is 6.09. The van der Waals surface area contributed by atoms with E-state index in [9.17, 15) is 14.4 Å². The van der Waals surface area contributed by atoms with Gasteiger partial charge in [-0.25, -0.2) is 4.79 Å². The Bertz CT molecular complexity index is 972. The van der Waals surface area contributed by atoms with Gasteiger partial charge in [-0.1, -0.05) is 76.2 Å². The molecule has 0 saturated carbocycles. The number of ether oxygens (including phenoxy) is 1. The van der Waals surface area contributed by atoms with E-state index in [2.05, 4.69) is 22.8 Å². The number of fused-ring (bicyclic) bond motifs is 3. The first-order chi connectivity index (χ1) is 15.7. The molecular formula is C26H32N2O5. The number of carboxylic acids is 1. The summed E-state index contributed by atoms with van der Waals surface area (Å²) in [6.45, 7) is 7.47. The van der Waals surface area contributed by atoms with Crippen LogP contribution in [0.3, 0.4) is 0 Å². The summed E-state index contributed by atoms with van der Waals surface area (Å²) >= 11 is 0. The van der Waals surface area contributed by atoms with Gasteiger partial charge in [-0.15, -0.1) is 0 Å². The second kappa shape index (κ2) is 10.5. The molecular weight excluding hydrogens is 420 g/mol. The molecule has 2 aromatic rings. The lowest BCUT2D eigenvalue weighted by Crippen LogP contribution is -2.53. The zero-order valence-electron chi connectivity index (χ0n) is 19.5. The zero-order valence-corrected chi connectivity index (χ0v) is 19.5. The number of benzene rings is 2. The van der Waals surface area contributed by atoms with Gasteiger partial charge in [-0.2, -0.15) is 0 Å². The third-order valence-corrected chi connectivity index (χ3v) is 6.09. The molecule has 7 heteroatoms. The lowest BCUT2D eigenvalue weighted by molar-refractivity contribution is -0.138. The number of amides is 2. The Balaban J connectivity index is 1.65. The van der Waals surface area contributed by atoms with Crippen LogP contribution in [0.15, 0.2) is 48.5 Å². The minimum atomic E-state index is -0.986. The van der Waals surface area contributed by atoms with Crippen LogP contribution in [0.4, 0.5) is 4.79 Å². The summed E-state index contributed by atoms with van der Waals surface area (Å²) in [4.78, 5) is 36.6. The van der Waals surface area contributed by atoms with Crippen LogP contribution in [0.1, 0.15) is 51.2 Å². The van der Waals surface area contributed by atoms with Crippen molar-refractivity contribution in [1.29, 1.82) is 0 Å². The van der Waals surface area contributed by atoms with E-state index < -0.39 is 30.1 Å².